The first-order valence-electron chi connectivity index (χ1n) is 9.10. The van der Waals surface area contributed by atoms with Crippen molar-refractivity contribution in [1.82, 2.24) is 4.90 Å². The number of nitrogens with zero attached hydrogens (tertiary/aromatic N) is 2. The molecule has 4 rings (SSSR count). The van der Waals surface area contributed by atoms with E-state index >= 15 is 0 Å². The Morgan fingerprint density at radius 1 is 0.880 bits per heavy atom. The summed E-state index contributed by atoms with van der Waals surface area (Å²) in [6.45, 7) is 4.48. The summed E-state index contributed by atoms with van der Waals surface area (Å²) in [5, 5.41) is 0. The van der Waals surface area contributed by atoms with Crippen LogP contribution in [-0.2, 0) is 0 Å². The number of anilines is 1. The molecule has 1 unspecified atom stereocenters. The number of halogens is 1. The minimum absolute atomic E-state index is 0.0661. The Morgan fingerprint density at radius 2 is 1.56 bits per heavy atom. The van der Waals surface area contributed by atoms with E-state index in [1.165, 1.54) is 55.8 Å². The SMILES string of the molecule is O=C(c1ccc(F)cc1)c1ccc(N2CCN3CCCCC3C2)cc1. The lowest BCUT2D eigenvalue weighted by Gasteiger charge is -2.45. The predicted octanol–water partition coefficient (Wildman–Crippen LogP) is 3.73. The van der Waals surface area contributed by atoms with Crippen LogP contribution in [0.1, 0.15) is 35.2 Å². The Morgan fingerprint density at radius 3 is 2.28 bits per heavy atom. The van der Waals surface area contributed by atoms with Gasteiger partial charge in [0.1, 0.15) is 5.82 Å². The van der Waals surface area contributed by atoms with E-state index in [0.29, 0.717) is 17.2 Å². The molecule has 2 aromatic rings. The van der Waals surface area contributed by atoms with Gasteiger partial charge in [0.2, 0.25) is 0 Å². The van der Waals surface area contributed by atoms with E-state index in [0.717, 1.165) is 19.6 Å². The summed E-state index contributed by atoms with van der Waals surface area (Å²) < 4.78 is 13.0. The van der Waals surface area contributed by atoms with E-state index in [2.05, 4.69) is 9.80 Å². The number of carbonyl (C=O) groups is 1. The average molecular weight is 338 g/mol. The first-order valence-corrected chi connectivity index (χ1v) is 9.10. The van der Waals surface area contributed by atoms with Crippen molar-refractivity contribution in [3.05, 3.63) is 65.5 Å². The van der Waals surface area contributed by atoms with Crippen molar-refractivity contribution in [1.29, 1.82) is 0 Å². The minimum Gasteiger partial charge on any atom is -0.369 e. The molecule has 0 radical (unpaired) electrons. The monoisotopic (exact) mass is 338 g/mol. The second-order valence-electron chi connectivity index (χ2n) is 7.01. The maximum absolute atomic E-state index is 13.0. The van der Waals surface area contributed by atoms with Crippen LogP contribution in [0.5, 0.6) is 0 Å². The van der Waals surface area contributed by atoms with Crippen molar-refractivity contribution in [2.24, 2.45) is 0 Å². The van der Waals surface area contributed by atoms with Crippen LogP contribution in [-0.4, -0.2) is 42.9 Å². The Balaban J connectivity index is 1.46. The summed E-state index contributed by atoms with van der Waals surface area (Å²) in [7, 11) is 0. The van der Waals surface area contributed by atoms with Gasteiger partial charge in [0.05, 0.1) is 0 Å². The quantitative estimate of drug-likeness (QED) is 0.797. The van der Waals surface area contributed by atoms with E-state index in [9.17, 15) is 9.18 Å². The van der Waals surface area contributed by atoms with Crippen molar-refractivity contribution in [2.45, 2.75) is 25.3 Å². The van der Waals surface area contributed by atoms with Crippen LogP contribution in [0.3, 0.4) is 0 Å². The van der Waals surface area contributed by atoms with Crippen LogP contribution >= 0.6 is 0 Å². The molecule has 25 heavy (non-hydrogen) atoms. The third-order valence-corrected chi connectivity index (χ3v) is 5.44. The topological polar surface area (TPSA) is 23.6 Å². The second kappa shape index (κ2) is 6.96. The van der Waals surface area contributed by atoms with Gasteiger partial charge >= 0.3 is 0 Å². The van der Waals surface area contributed by atoms with Gasteiger partial charge in [0, 0.05) is 42.5 Å². The molecule has 2 heterocycles. The lowest BCUT2D eigenvalue weighted by atomic mass is 9.98. The largest absolute Gasteiger partial charge is 0.369 e. The summed E-state index contributed by atoms with van der Waals surface area (Å²) in [5.74, 6) is -0.391. The molecule has 1 atom stereocenters. The fourth-order valence-corrected chi connectivity index (χ4v) is 3.98. The maximum Gasteiger partial charge on any atom is 0.193 e. The molecule has 2 saturated heterocycles. The van der Waals surface area contributed by atoms with Crippen LogP contribution in [0.2, 0.25) is 0 Å². The summed E-state index contributed by atoms with van der Waals surface area (Å²) in [6.07, 6.45) is 3.95. The number of benzene rings is 2. The van der Waals surface area contributed by atoms with Crippen LogP contribution in [0.25, 0.3) is 0 Å². The highest BCUT2D eigenvalue weighted by atomic mass is 19.1. The molecule has 2 fully saturated rings. The molecule has 0 saturated carbocycles. The van der Waals surface area contributed by atoms with Gasteiger partial charge in [0.15, 0.2) is 5.78 Å². The van der Waals surface area contributed by atoms with Gasteiger partial charge in [-0.25, -0.2) is 4.39 Å². The van der Waals surface area contributed by atoms with E-state index in [1.54, 1.807) is 0 Å². The summed E-state index contributed by atoms with van der Waals surface area (Å²) in [4.78, 5) is 17.5. The van der Waals surface area contributed by atoms with Gasteiger partial charge in [-0.05, 0) is 67.9 Å². The summed E-state index contributed by atoms with van der Waals surface area (Å²) >= 11 is 0. The molecule has 130 valence electrons. The van der Waals surface area contributed by atoms with Gasteiger partial charge in [-0.3, -0.25) is 9.69 Å². The number of ketones is 1. The molecule has 3 nitrogen and oxygen atoms in total. The highest BCUT2D eigenvalue weighted by molar-refractivity contribution is 6.09. The molecular formula is C21H23FN2O. The highest BCUT2D eigenvalue weighted by Gasteiger charge is 2.28. The Kier molecular flexibility index (Phi) is 4.53. The van der Waals surface area contributed by atoms with Gasteiger partial charge < -0.3 is 4.90 Å². The fraction of sp³-hybridized carbons (Fsp3) is 0.381. The molecule has 4 heteroatoms. The molecule has 0 N–H and O–H groups in total. The van der Waals surface area contributed by atoms with E-state index in [-0.39, 0.29) is 11.6 Å². The number of carbonyl (C=O) groups excluding carboxylic acids is 1. The lowest BCUT2D eigenvalue weighted by Crippen LogP contribution is -2.54. The van der Waals surface area contributed by atoms with E-state index in [4.69, 9.17) is 0 Å². The third-order valence-electron chi connectivity index (χ3n) is 5.44. The van der Waals surface area contributed by atoms with E-state index in [1.807, 2.05) is 24.3 Å². The van der Waals surface area contributed by atoms with Crippen molar-refractivity contribution in [2.75, 3.05) is 31.1 Å². The zero-order chi connectivity index (χ0) is 17.2. The molecule has 2 aliphatic heterocycles. The number of piperidine rings is 1. The zero-order valence-electron chi connectivity index (χ0n) is 14.3. The molecule has 0 spiro atoms. The van der Waals surface area contributed by atoms with Gasteiger partial charge in [-0.1, -0.05) is 6.42 Å². The first kappa shape index (κ1) is 16.3. The number of fused-ring (bicyclic) bond motifs is 1. The van der Waals surface area contributed by atoms with Gasteiger partial charge in [-0.2, -0.15) is 0 Å². The highest BCUT2D eigenvalue weighted by Crippen LogP contribution is 2.25. The molecule has 0 bridgehead atoms. The molecule has 2 aliphatic rings. The predicted molar refractivity (Wildman–Crippen MR) is 97.7 cm³/mol. The number of piperazine rings is 1. The molecule has 0 amide bonds. The van der Waals surface area contributed by atoms with Crippen LogP contribution < -0.4 is 4.90 Å². The normalized spacial score (nSPS) is 21.0. The minimum atomic E-state index is -0.325. The third kappa shape index (κ3) is 3.45. The molecule has 0 aliphatic carbocycles. The Bertz CT molecular complexity index is 741. The maximum atomic E-state index is 13.0. The summed E-state index contributed by atoms with van der Waals surface area (Å²) in [5.41, 5.74) is 2.34. The molecule has 2 aromatic carbocycles. The second-order valence-corrected chi connectivity index (χ2v) is 7.01. The number of hydrogen-bond donors (Lipinski definition) is 0. The number of hydrogen-bond acceptors (Lipinski definition) is 3. The van der Waals surface area contributed by atoms with E-state index < -0.39 is 0 Å². The van der Waals surface area contributed by atoms with Crippen molar-refractivity contribution < 1.29 is 9.18 Å². The Labute approximate surface area is 148 Å². The molecular weight excluding hydrogens is 315 g/mol. The van der Waals surface area contributed by atoms with Gasteiger partial charge in [-0.15, -0.1) is 0 Å². The van der Waals surface area contributed by atoms with Crippen LogP contribution in [0.15, 0.2) is 48.5 Å². The number of rotatable bonds is 3. The van der Waals surface area contributed by atoms with Gasteiger partial charge in [0.25, 0.3) is 0 Å². The molecule has 0 aromatic heterocycles. The van der Waals surface area contributed by atoms with Crippen LogP contribution in [0.4, 0.5) is 10.1 Å². The standard InChI is InChI=1S/C21H23FN2O/c22-18-8-4-16(5-9-18)21(25)17-6-10-19(11-7-17)24-14-13-23-12-2-1-3-20(23)15-24/h4-11,20H,1-3,12-15H2. The fourth-order valence-electron chi connectivity index (χ4n) is 3.98. The van der Waals surface area contributed by atoms with Crippen molar-refractivity contribution in [3.63, 3.8) is 0 Å². The smallest absolute Gasteiger partial charge is 0.193 e. The summed E-state index contributed by atoms with van der Waals surface area (Å²) in [6, 6.07) is 14.2. The zero-order valence-corrected chi connectivity index (χ0v) is 14.3. The van der Waals surface area contributed by atoms with Crippen LogP contribution in [0, 0.1) is 5.82 Å². The average Bonchev–Trinajstić information content (AvgIpc) is 2.68. The van der Waals surface area contributed by atoms with Crippen molar-refractivity contribution >= 4 is 11.5 Å². The first-order chi connectivity index (χ1) is 12.2. The van der Waals surface area contributed by atoms with Crippen molar-refractivity contribution in [3.8, 4) is 0 Å². The lowest BCUT2D eigenvalue weighted by molar-refractivity contribution is 0.103. The Hall–Kier alpha value is -2.20.